The molecule has 0 unspecified atom stereocenters. The summed E-state index contributed by atoms with van der Waals surface area (Å²) in [5.41, 5.74) is 1.44. The third-order valence-corrected chi connectivity index (χ3v) is 5.72. The minimum absolute atomic E-state index is 0.205. The number of rotatable bonds is 5. The molecule has 1 amide bonds. The third-order valence-electron chi connectivity index (χ3n) is 4.41. The van der Waals surface area contributed by atoms with Crippen molar-refractivity contribution >= 4 is 45.9 Å². The van der Waals surface area contributed by atoms with Crippen molar-refractivity contribution in [3.63, 3.8) is 0 Å². The normalized spacial score (nSPS) is 12.0. The van der Waals surface area contributed by atoms with E-state index in [1.807, 2.05) is 24.3 Å². The van der Waals surface area contributed by atoms with Crippen LogP contribution in [0.15, 0.2) is 71.9 Å². The van der Waals surface area contributed by atoms with Gasteiger partial charge in [-0.1, -0.05) is 47.6 Å². The lowest BCUT2D eigenvalue weighted by Crippen LogP contribution is -2.23. The van der Waals surface area contributed by atoms with E-state index in [9.17, 15) is 9.18 Å². The van der Waals surface area contributed by atoms with Crippen LogP contribution in [0.4, 0.5) is 10.2 Å². The van der Waals surface area contributed by atoms with Crippen molar-refractivity contribution in [1.82, 2.24) is 15.2 Å². The number of hydrogen-bond donors (Lipinski definition) is 1. The molecule has 4 aromatic rings. The van der Waals surface area contributed by atoms with Crippen molar-refractivity contribution in [1.29, 1.82) is 0 Å². The Bertz CT molecular complexity index is 1200. The number of amides is 1. The van der Waals surface area contributed by atoms with Crippen molar-refractivity contribution in [2.24, 2.45) is 0 Å². The highest BCUT2D eigenvalue weighted by Crippen LogP contribution is 2.33. The number of halogens is 2. The van der Waals surface area contributed by atoms with Gasteiger partial charge in [0.25, 0.3) is 0 Å². The molecule has 30 heavy (non-hydrogen) atoms. The van der Waals surface area contributed by atoms with Gasteiger partial charge >= 0.3 is 0 Å². The summed E-state index contributed by atoms with van der Waals surface area (Å²) >= 11 is 7.14. The van der Waals surface area contributed by atoms with Gasteiger partial charge in [-0.3, -0.25) is 4.79 Å². The highest BCUT2D eigenvalue weighted by Gasteiger charge is 2.19. The smallest absolute Gasteiger partial charge is 0.238 e. The van der Waals surface area contributed by atoms with Gasteiger partial charge in [0.15, 0.2) is 0 Å². The fourth-order valence-electron chi connectivity index (χ4n) is 2.89. The quantitative estimate of drug-likeness (QED) is 0.410. The second-order valence-electron chi connectivity index (χ2n) is 6.52. The van der Waals surface area contributed by atoms with Crippen LogP contribution in [0.2, 0.25) is 5.02 Å². The van der Waals surface area contributed by atoms with Gasteiger partial charge in [0.05, 0.1) is 10.3 Å². The van der Waals surface area contributed by atoms with Crippen LogP contribution >= 0.6 is 23.4 Å². The highest BCUT2D eigenvalue weighted by atomic mass is 35.5. The van der Waals surface area contributed by atoms with Gasteiger partial charge in [-0.25, -0.2) is 9.37 Å². The van der Waals surface area contributed by atoms with Gasteiger partial charge in [0.1, 0.15) is 22.4 Å². The van der Waals surface area contributed by atoms with E-state index < -0.39 is 5.25 Å². The molecule has 4 rings (SSSR count). The molecule has 0 aliphatic rings. The van der Waals surface area contributed by atoms with Crippen molar-refractivity contribution in [3.8, 4) is 11.3 Å². The van der Waals surface area contributed by atoms with Crippen LogP contribution in [0.25, 0.3) is 22.0 Å². The first-order valence-corrected chi connectivity index (χ1v) is 10.4. The lowest BCUT2D eigenvalue weighted by Gasteiger charge is -2.13. The zero-order chi connectivity index (χ0) is 21.1. The molecule has 0 saturated heterocycles. The number of carbonyl (C=O) groups excluding carboxylic acids is 1. The first kappa shape index (κ1) is 20.3. The van der Waals surface area contributed by atoms with Gasteiger partial charge < -0.3 is 5.32 Å². The van der Waals surface area contributed by atoms with Gasteiger partial charge in [-0.2, -0.15) is 0 Å². The van der Waals surface area contributed by atoms with E-state index in [-0.39, 0.29) is 11.7 Å². The largest absolute Gasteiger partial charge is 0.310 e. The zero-order valence-corrected chi connectivity index (χ0v) is 17.4. The number of nitrogens with one attached hydrogen (secondary N) is 1. The number of carbonyl (C=O) groups is 1. The number of aromatic nitrogens is 3. The molecule has 150 valence electrons. The zero-order valence-electron chi connectivity index (χ0n) is 15.8. The first-order chi connectivity index (χ1) is 14.5. The van der Waals surface area contributed by atoms with E-state index in [1.165, 1.54) is 30.1 Å². The van der Waals surface area contributed by atoms with Crippen molar-refractivity contribution in [2.75, 3.05) is 5.32 Å². The Kier molecular flexibility index (Phi) is 5.92. The molecule has 1 N–H and O–H groups in total. The van der Waals surface area contributed by atoms with E-state index in [4.69, 9.17) is 11.6 Å². The van der Waals surface area contributed by atoms with Crippen molar-refractivity contribution < 1.29 is 9.18 Å². The number of fused-ring (bicyclic) bond motifs is 1. The fourth-order valence-corrected chi connectivity index (χ4v) is 3.89. The number of benzene rings is 2. The molecular weight excluding hydrogens is 423 g/mol. The molecular formula is C22H16ClFN4OS. The molecule has 0 saturated carbocycles. The maximum absolute atomic E-state index is 13.3. The Morgan fingerprint density at radius 3 is 2.47 bits per heavy atom. The van der Waals surface area contributed by atoms with E-state index in [0.29, 0.717) is 21.6 Å². The molecule has 5 nitrogen and oxygen atoms in total. The maximum atomic E-state index is 13.3. The summed E-state index contributed by atoms with van der Waals surface area (Å²) in [7, 11) is 0. The molecule has 0 spiro atoms. The van der Waals surface area contributed by atoms with Crippen LogP contribution in [0.1, 0.15) is 6.92 Å². The Hall–Kier alpha value is -3.03. The van der Waals surface area contributed by atoms with Gasteiger partial charge in [0, 0.05) is 22.5 Å². The summed E-state index contributed by atoms with van der Waals surface area (Å²) in [4.78, 5) is 16.7. The van der Waals surface area contributed by atoms with E-state index in [1.54, 1.807) is 31.2 Å². The van der Waals surface area contributed by atoms with E-state index >= 15 is 0 Å². The van der Waals surface area contributed by atoms with Crippen LogP contribution in [0.3, 0.4) is 0 Å². The summed E-state index contributed by atoms with van der Waals surface area (Å²) in [6, 6.07) is 17.1. The Morgan fingerprint density at radius 1 is 1.03 bits per heavy atom. The standard InChI is InChI=1S/C22H16ClFN4OS/c1-13(21(29)26-19-11-8-15(23)12-25-19)30-22-18-5-3-2-4-17(18)20(27-28-22)14-6-9-16(24)10-7-14/h2-13H,1H3,(H,25,26,29)/t13-/m1/s1. The van der Waals surface area contributed by atoms with Crippen LogP contribution < -0.4 is 5.32 Å². The predicted octanol–water partition coefficient (Wildman–Crippen LogP) is 5.60. The highest BCUT2D eigenvalue weighted by molar-refractivity contribution is 8.00. The number of nitrogens with zero attached hydrogens (tertiary/aromatic N) is 3. The van der Waals surface area contributed by atoms with Crippen LogP contribution in [-0.2, 0) is 4.79 Å². The van der Waals surface area contributed by atoms with Gasteiger partial charge in [-0.15, -0.1) is 10.2 Å². The van der Waals surface area contributed by atoms with E-state index in [2.05, 4.69) is 20.5 Å². The monoisotopic (exact) mass is 438 g/mol. The number of thioether (sulfide) groups is 1. The summed E-state index contributed by atoms with van der Waals surface area (Å²) in [6.07, 6.45) is 1.47. The minimum atomic E-state index is -0.433. The number of pyridine rings is 1. The second kappa shape index (κ2) is 8.77. The summed E-state index contributed by atoms with van der Waals surface area (Å²) in [5.74, 6) is -0.0824. The summed E-state index contributed by atoms with van der Waals surface area (Å²) < 4.78 is 13.3. The molecule has 0 aliphatic heterocycles. The lowest BCUT2D eigenvalue weighted by atomic mass is 10.1. The molecule has 2 aromatic carbocycles. The molecule has 0 bridgehead atoms. The predicted molar refractivity (Wildman–Crippen MR) is 118 cm³/mol. The SMILES string of the molecule is C[C@@H](Sc1nnc(-c2ccc(F)cc2)c2ccccc12)C(=O)Nc1ccc(Cl)cn1. The number of anilines is 1. The maximum Gasteiger partial charge on any atom is 0.238 e. The Labute approximate surface area is 181 Å². The molecule has 0 aliphatic carbocycles. The Morgan fingerprint density at radius 2 is 1.77 bits per heavy atom. The van der Waals surface area contributed by atoms with Crippen molar-refractivity contribution in [2.45, 2.75) is 17.2 Å². The van der Waals surface area contributed by atoms with Crippen LogP contribution in [0, 0.1) is 5.82 Å². The lowest BCUT2D eigenvalue weighted by molar-refractivity contribution is -0.115. The third kappa shape index (κ3) is 4.42. The second-order valence-corrected chi connectivity index (χ2v) is 8.28. The average Bonchev–Trinajstić information content (AvgIpc) is 2.76. The molecule has 2 aromatic heterocycles. The van der Waals surface area contributed by atoms with Crippen molar-refractivity contribution in [3.05, 3.63) is 77.7 Å². The van der Waals surface area contributed by atoms with Crippen LogP contribution in [-0.4, -0.2) is 26.3 Å². The summed E-state index contributed by atoms with van der Waals surface area (Å²) in [5, 5.41) is 13.9. The summed E-state index contributed by atoms with van der Waals surface area (Å²) in [6.45, 7) is 1.79. The first-order valence-electron chi connectivity index (χ1n) is 9.12. The minimum Gasteiger partial charge on any atom is -0.310 e. The molecule has 1 atom stereocenters. The fraction of sp³-hybridized carbons (Fsp3) is 0.0909. The van der Waals surface area contributed by atoms with Gasteiger partial charge in [-0.05, 0) is 43.3 Å². The van der Waals surface area contributed by atoms with Crippen LogP contribution in [0.5, 0.6) is 0 Å². The Balaban J connectivity index is 1.60. The molecule has 2 heterocycles. The topological polar surface area (TPSA) is 67.8 Å². The van der Waals surface area contributed by atoms with Gasteiger partial charge in [0.2, 0.25) is 5.91 Å². The molecule has 0 radical (unpaired) electrons. The average molecular weight is 439 g/mol. The molecule has 0 fully saturated rings. The number of hydrogen-bond acceptors (Lipinski definition) is 5. The van der Waals surface area contributed by atoms with E-state index in [0.717, 1.165) is 16.3 Å². The molecule has 8 heteroatoms.